The van der Waals surface area contributed by atoms with Crippen LogP contribution in [0.3, 0.4) is 0 Å². The SMILES string of the molecule is Cc1ccc(F)cc1S(=O)(=O)Nc1cccc(C(=O)N2c3ccccc3Sc3ccc(Cl)cc32)c1. The smallest absolute Gasteiger partial charge is 0.262 e. The number of rotatable bonds is 4. The van der Waals surface area contributed by atoms with E-state index in [1.807, 2.05) is 30.3 Å². The number of nitrogens with zero attached hydrogens (tertiary/aromatic N) is 1. The molecule has 0 radical (unpaired) electrons. The number of sulfonamides is 1. The number of aryl methyl sites for hydroxylation is 1. The highest BCUT2D eigenvalue weighted by molar-refractivity contribution is 7.99. The number of carbonyl (C=O) groups excluding carboxylic acids is 1. The molecule has 1 N–H and O–H groups in total. The van der Waals surface area contributed by atoms with E-state index in [0.717, 1.165) is 15.9 Å². The standard InChI is InChI=1S/C26H18ClFN2O3S2/c1-16-9-11-19(28)15-25(16)35(32,33)29-20-6-4-5-17(13-20)26(31)30-21-7-2-3-8-23(21)34-24-12-10-18(27)14-22(24)30/h2-15,29H,1H3. The van der Waals surface area contributed by atoms with E-state index >= 15 is 0 Å². The Morgan fingerprint density at radius 1 is 0.914 bits per heavy atom. The Balaban J connectivity index is 1.53. The Bertz CT molecular complexity index is 1590. The minimum absolute atomic E-state index is 0.167. The van der Waals surface area contributed by atoms with Gasteiger partial charge in [0, 0.05) is 26.1 Å². The van der Waals surface area contributed by atoms with Gasteiger partial charge >= 0.3 is 0 Å². The maximum absolute atomic E-state index is 13.8. The number of nitrogens with one attached hydrogen (secondary N) is 1. The molecule has 35 heavy (non-hydrogen) atoms. The van der Waals surface area contributed by atoms with Crippen LogP contribution in [0.15, 0.2) is 99.6 Å². The molecule has 0 spiro atoms. The first-order valence-electron chi connectivity index (χ1n) is 10.5. The van der Waals surface area contributed by atoms with Gasteiger partial charge in [0.2, 0.25) is 0 Å². The lowest BCUT2D eigenvalue weighted by atomic mass is 10.1. The highest BCUT2D eigenvalue weighted by atomic mass is 35.5. The van der Waals surface area contributed by atoms with E-state index in [-0.39, 0.29) is 22.1 Å². The molecule has 4 aromatic rings. The van der Waals surface area contributed by atoms with Crippen LogP contribution in [0.2, 0.25) is 5.02 Å². The van der Waals surface area contributed by atoms with Crippen LogP contribution in [0.4, 0.5) is 21.5 Å². The fourth-order valence-electron chi connectivity index (χ4n) is 3.87. The van der Waals surface area contributed by atoms with Crippen molar-refractivity contribution in [1.29, 1.82) is 0 Å². The van der Waals surface area contributed by atoms with Crippen molar-refractivity contribution in [2.75, 3.05) is 9.62 Å². The quantitative estimate of drug-likeness (QED) is 0.311. The zero-order valence-electron chi connectivity index (χ0n) is 18.3. The molecule has 1 heterocycles. The number of hydrogen-bond acceptors (Lipinski definition) is 4. The second-order valence-electron chi connectivity index (χ2n) is 7.92. The van der Waals surface area contributed by atoms with Crippen LogP contribution >= 0.6 is 23.4 Å². The number of fused-ring (bicyclic) bond motifs is 2. The van der Waals surface area contributed by atoms with E-state index in [4.69, 9.17) is 11.6 Å². The minimum Gasteiger partial charge on any atom is -0.280 e. The van der Waals surface area contributed by atoms with Crippen LogP contribution in [0.5, 0.6) is 0 Å². The van der Waals surface area contributed by atoms with Gasteiger partial charge in [-0.2, -0.15) is 0 Å². The average Bonchev–Trinajstić information content (AvgIpc) is 2.83. The molecule has 0 fully saturated rings. The monoisotopic (exact) mass is 524 g/mol. The van der Waals surface area contributed by atoms with Gasteiger partial charge in [-0.1, -0.05) is 47.6 Å². The van der Waals surface area contributed by atoms with Crippen LogP contribution in [0.1, 0.15) is 15.9 Å². The molecule has 1 aliphatic rings. The van der Waals surface area contributed by atoms with Crippen LogP contribution in [0.25, 0.3) is 0 Å². The molecule has 5 nitrogen and oxygen atoms in total. The maximum Gasteiger partial charge on any atom is 0.262 e. The second kappa shape index (κ2) is 9.03. The predicted octanol–water partition coefficient (Wildman–Crippen LogP) is 7.03. The lowest BCUT2D eigenvalue weighted by Gasteiger charge is -2.31. The van der Waals surface area contributed by atoms with E-state index in [2.05, 4.69) is 4.72 Å². The summed E-state index contributed by atoms with van der Waals surface area (Å²) in [4.78, 5) is 17.0. The fraction of sp³-hybridized carbons (Fsp3) is 0.0385. The van der Waals surface area contributed by atoms with E-state index in [1.54, 1.807) is 47.9 Å². The first-order valence-corrected chi connectivity index (χ1v) is 13.2. The molecule has 1 amide bonds. The zero-order chi connectivity index (χ0) is 24.7. The molecule has 4 aromatic carbocycles. The highest BCUT2D eigenvalue weighted by Gasteiger charge is 2.29. The first-order chi connectivity index (χ1) is 16.7. The molecule has 9 heteroatoms. The fourth-order valence-corrected chi connectivity index (χ4v) is 6.38. The number of benzene rings is 4. The summed E-state index contributed by atoms with van der Waals surface area (Å²) < 4.78 is 42.0. The molecule has 5 rings (SSSR count). The molecule has 0 bridgehead atoms. The average molecular weight is 525 g/mol. The van der Waals surface area contributed by atoms with E-state index < -0.39 is 15.8 Å². The normalized spacial score (nSPS) is 12.6. The van der Waals surface area contributed by atoms with Crippen LogP contribution in [-0.2, 0) is 10.0 Å². The van der Waals surface area contributed by atoms with Gasteiger partial charge in [0.25, 0.3) is 15.9 Å². The van der Waals surface area contributed by atoms with Gasteiger partial charge in [0.15, 0.2) is 0 Å². The predicted molar refractivity (Wildman–Crippen MR) is 137 cm³/mol. The molecule has 1 aliphatic heterocycles. The third kappa shape index (κ3) is 4.52. The summed E-state index contributed by atoms with van der Waals surface area (Å²) in [6.07, 6.45) is 0. The third-order valence-electron chi connectivity index (χ3n) is 5.49. The molecule has 0 unspecified atom stereocenters. The Kier molecular flexibility index (Phi) is 6.04. The molecular formula is C26H18ClFN2O3S2. The number of anilines is 3. The molecule has 0 saturated carbocycles. The zero-order valence-corrected chi connectivity index (χ0v) is 20.7. The lowest BCUT2D eigenvalue weighted by Crippen LogP contribution is -2.28. The van der Waals surface area contributed by atoms with Gasteiger partial charge in [-0.15, -0.1) is 0 Å². The summed E-state index contributed by atoms with van der Waals surface area (Å²) in [5.41, 5.74) is 2.22. The van der Waals surface area contributed by atoms with Crippen LogP contribution in [-0.4, -0.2) is 14.3 Å². The van der Waals surface area contributed by atoms with Crippen molar-refractivity contribution in [3.63, 3.8) is 0 Å². The van der Waals surface area contributed by atoms with Crippen molar-refractivity contribution < 1.29 is 17.6 Å². The van der Waals surface area contributed by atoms with E-state index in [0.29, 0.717) is 22.0 Å². The van der Waals surface area contributed by atoms with Gasteiger partial charge < -0.3 is 0 Å². The van der Waals surface area contributed by atoms with E-state index in [9.17, 15) is 17.6 Å². The van der Waals surface area contributed by atoms with Crippen molar-refractivity contribution >= 4 is 56.4 Å². The molecular weight excluding hydrogens is 507 g/mol. The molecule has 0 saturated heterocycles. The number of para-hydroxylation sites is 1. The summed E-state index contributed by atoms with van der Waals surface area (Å²) in [7, 11) is -4.07. The Morgan fingerprint density at radius 2 is 1.69 bits per heavy atom. The summed E-state index contributed by atoms with van der Waals surface area (Å²) in [5, 5.41) is 0.494. The third-order valence-corrected chi connectivity index (χ3v) is 8.38. The van der Waals surface area contributed by atoms with Gasteiger partial charge in [-0.05, 0) is 73.2 Å². The first kappa shape index (κ1) is 23.4. The van der Waals surface area contributed by atoms with Gasteiger partial charge in [0.05, 0.1) is 16.3 Å². The maximum atomic E-state index is 13.8. The van der Waals surface area contributed by atoms with Crippen LogP contribution in [0, 0.1) is 12.7 Å². The van der Waals surface area contributed by atoms with Crippen molar-refractivity contribution in [2.24, 2.45) is 0 Å². The van der Waals surface area contributed by atoms with Gasteiger partial charge in [-0.25, -0.2) is 12.8 Å². The number of hydrogen-bond donors (Lipinski definition) is 1. The number of carbonyl (C=O) groups is 1. The molecule has 0 aromatic heterocycles. The highest BCUT2D eigenvalue weighted by Crippen LogP contribution is 2.49. The Morgan fingerprint density at radius 3 is 2.51 bits per heavy atom. The van der Waals surface area contributed by atoms with Crippen molar-refractivity contribution in [1.82, 2.24) is 0 Å². The summed E-state index contributed by atoms with van der Waals surface area (Å²) >= 11 is 7.79. The Labute approximate surface area is 211 Å². The topological polar surface area (TPSA) is 66.5 Å². The lowest BCUT2D eigenvalue weighted by molar-refractivity contribution is 0.0998. The molecule has 0 atom stereocenters. The molecule has 0 aliphatic carbocycles. The van der Waals surface area contributed by atoms with Gasteiger partial charge in [0.1, 0.15) is 5.82 Å². The van der Waals surface area contributed by atoms with Crippen LogP contribution < -0.4 is 9.62 Å². The molecule has 176 valence electrons. The second-order valence-corrected chi connectivity index (χ2v) is 11.1. The summed E-state index contributed by atoms with van der Waals surface area (Å²) in [5.74, 6) is -0.997. The number of amides is 1. The van der Waals surface area contributed by atoms with Gasteiger partial charge in [-0.3, -0.25) is 14.4 Å². The van der Waals surface area contributed by atoms with Crippen molar-refractivity contribution in [3.8, 4) is 0 Å². The van der Waals surface area contributed by atoms with Crippen molar-refractivity contribution in [2.45, 2.75) is 21.6 Å². The Hall–Kier alpha value is -3.33. The summed E-state index contributed by atoms with van der Waals surface area (Å²) in [6.45, 7) is 1.59. The summed E-state index contributed by atoms with van der Waals surface area (Å²) in [6, 6.07) is 22.7. The largest absolute Gasteiger partial charge is 0.280 e. The minimum atomic E-state index is -4.07. The van der Waals surface area contributed by atoms with Crippen molar-refractivity contribution in [3.05, 3.63) is 107 Å². The van der Waals surface area contributed by atoms with E-state index in [1.165, 1.54) is 24.3 Å². The number of halogens is 2.